The lowest BCUT2D eigenvalue weighted by atomic mass is 10.0. The second-order valence-electron chi connectivity index (χ2n) is 8.92. The Kier molecular flexibility index (Phi) is 9.34. The third-order valence-electron chi connectivity index (χ3n) is 6.29. The highest BCUT2D eigenvalue weighted by Crippen LogP contribution is 2.31. The van der Waals surface area contributed by atoms with Gasteiger partial charge in [-0.25, -0.2) is 8.42 Å². The minimum absolute atomic E-state index is 0.0273. The lowest BCUT2D eigenvalue weighted by Crippen LogP contribution is -2.43. The number of nitrogens with zero attached hydrogens (tertiary/aromatic N) is 2. The topological polar surface area (TPSA) is 79.0 Å². The number of hydrogen-bond acceptors (Lipinski definition) is 5. The molecule has 3 aromatic carbocycles. The van der Waals surface area contributed by atoms with Crippen LogP contribution in [0.3, 0.4) is 0 Å². The number of nitrogens with one attached hydrogen (secondary N) is 1. The molecule has 0 bridgehead atoms. The normalized spacial score (nSPS) is 15.4. The molecule has 1 aliphatic heterocycles. The number of hydrogen-bond donors (Lipinski definition) is 1. The van der Waals surface area contributed by atoms with Gasteiger partial charge in [-0.1, -0.05) is 66.2 Å². The van der Waals surface area contributed by atoms with Crippen molar-refractivity contribution in [3.63, 3.8) is 0 Å². The van der Waals surface area contributed by atoms with E-state index < -0.39 is 16.1 Å². The molecular formula is C28H32ClN3O4S. The first kappa shape index (κ1) is 27.3. The van der Waals surface area contributed by atoms with Crippen LogP contribution in [-0.4, -0.2) is 56.4 Å². The van der Waals surface area contributed by atoms with Crippen LogP contribution >= 0.6 is 11.6 Å². The van der Waals surface area contributed by atoms with Crippen molar-refractivity contribution in [2.45, 2.75) is 31.0 Å². The minimum Gasteiger partial charge on any atom is -0.379 e. The van der Waals surface area contributed by atoms with Crippen LogP contribution < -0.4 is 5.32 Å². The van der Waals surface area contributed by atoms with Gasteiger partial charge < -0.3 is 10.1 Å². The van der Waals surface area contributed by atoms with Crippen LogP contribution in [0.2, 0.25) is 5.02 Å². The Bertz CT molecular complexity index is 1260. The quantitative estimate of drug-likeness (QED) is 0.415. The number of carbonyl (C=O) groups excluding carboxylic acids is 1. The van der Waals surface area contributed by atoms with Gasteiger partial charge in [0.05, 0.1) is 18.1 Å². The van der Waals surface area contributed by atoms with E-state index in [-0.39, 0.29) is 17.3 Å². The molecule has 3 aromatic rings. The summed E-state index contributed by atoms with van der Waals surface area (Å²) >= 11 is 6.02. The Morgan fingerprint density at radius 2 is 1.59 bits per heavy atom. The van der Waals surface area contributed by atoms with Gasteiger partial charge in [0, 0.05) is 37.7 Å². The standard InChI is InChI=1S/C28H32ClN3O4S/c1-2-30-28(33)27(24-6-4-3-5-7-24)32(37(34,35)26-14-12-25(29)13-15-26)21-23-10-8-22(9-11-23)20-31-16-18-36-19-17-31/h3-15,27H,2,16-21H2,1H3,(H,30,33). The lowest BCUT2D eigenvalue weighted by molar-refractivity contribution is -0.125. The highest BCUT2D eigenvalue weighted by Gasteiger charge is 2.37. The third-order valence-corrected chi connectivity index (χ3v) is 8.37. The summed E-state index contributed by atoms with van der Waals surface area (Å²) in [6.07, 6.45) is 0. The monoisotopic (exact) mass is 541 g/mol. The summed E-state index contributed by atoms with van der Waals surface area (Å²) in [5, 5.41) is 3.25. The molecule has 1 saturated heterocycles. The van der Waals surface area contributed by atoms with Crippen LogP contribution in [0.5, 0.6) is 0 Å². The second kappa shape index (κ2) is 12.7. The zero-order chi connectivity index (χ0) is 26.3. The smallest absolute Gasteiger partial charge is 0.244 e. The van der Waals surface area contributed by atoms with E-state index >= 15 is 0 Å². The Hall–Kier alpha value is -2.75. The summed E-state index contributed by atoms with van der Waals surface area (Å²) in [4.78, 5) is 15.7. The summed E-state index contributed by atoms with van der Waals surface area (Å²) in [5.74, 6) is -0.379. The predicted octanol–water partition coefficient (Wildman–Crippen LogP) is 4.24. The van der Waals surface area contributed by atoms with Crippen LogP contribution in [-0.2, 0) is 32.6 Å². The molecule has 1 unspecified atom stereocenters. The van der Waals surface area contributed by atoms with Crippen molar-refractivity contribution in [3.05, 3.63) is 101 Å². The van der Waals surface area contributed by atoms with Gasteiger partial charge in [0.15, 0.2) is 0 Å². The number of likely N-dealkylation sites (N-methyl/N-ethyl adjacent to an activating group) is 1. The summed E-state index contributed by atoms with van der Waals surface area (Å²) < 4.78 is 34.7. The fourth-order valence-electron chi connectivity index (χ4n) is 4.36. The van der Waals surface area contributed by atoms with Crippen molar-refractivity contribution in [2.24, 2.45) is 0 Å². The van der Waals surface area contributed by atoms with Gasteiger partial charge in [-0.2, -0.15) is 4.31 Å². The van der Waals surface area contributed by atoms with Gasteiger partial charge in [0.1, 0.15) is 6.04 Å². The molecule has 1 heterocycles. The third kappa shape index (κ3) is 6.97. The number of sulfonamides is 1. The Labute approximate surface area is 224 Å². The van der Waals surface area contributed by atoms with E-state index in [1.807, 2.05) is 37.3 Å². The molecule has 7 nitrogen and oxygen atoms in total. The molecule has 1 amide bonds. The minimum atomic E-state index is -4.07. The maximum atomic E-state index is 14.0. The van der Waals surface area contributed by atoms with Gasteiger partial charge in [-0.3, -0.25) is 9.69 Å². The highest BCUT2D eigenvalue weighted by molar-refractivity contribution is 7.89. The lowest BCUT2D eigenvalue weighted by Gasteiger charge is -2.31. The van der Waals surface area contributed by atoms with Gasteiger partial charge >= 0.3 is 0 Å². The molecule has 1 N–H and O–H groups in total. The maximum Gasteiger partial charge on any atom is 0.244 e. The van der Waals surface area contributed by atoms with Crippen LogP contribution in [0, 0.1) is 0 Å². The van der Waals surface area contributed by atoms with Gasteiger partial charge in [0.25, 0.3) is 0 Å². The van der Waals surface area contributed by atoms with E-state index in [9.17, 15) is 13.2 Å². The number of halogens is 1. The highest BCUT2D eigenvalue weighted by atomic mass is 35.5. The summed E-state index contributed by atoms with van der Waals surface area (Å²) in [7, 11) is -4.07. The second-order valence-corrected chi connectivity index (χ2v) is 11.2. The van der Waals surface area contributed by atoms with Crippen LogP contribution in [0.15, 0.2) is 83.8 Å². The van der Waals surface area contributed by atoms with Crippen LogP contribution in [0.25, 0.3) is 0 Å². The fraction of sp³-hybridized carbons (Fsp3) is 0.321. The molecule has 37 heavy (non-hydrogen) atoms. The average Bonchev–Trinajstić information content (AvgIpc) is 2.91. The fourth-order valence-corrected chi connectivity index (χ4v) is 6.05. The average molecular weight is 542 g/mol. The van der Waals surface area contributed by atoms with E-state index in [0.717, 1.165) is 44.0 Å². The van der Waals surface area contributed by atoms with Crippen LogP contribution in [0.4, 0.5) is 0 Å². The van der Waals surface area contributed by atoms with E-state index in [0.29, 0.717) is 17.1 Å². The number of amides is 1. The van der Waals surface area contributed by atoms with Crippen molar-refractivity contribution < 1.29 is 17.9 Å². The molecule has 196 valence electrons. The molecule has 1 fully saturated rings. The zero-order valence-electron chi connectivity index (χ0n) is 20.8. The molecule has 9 heteroatoms. The molecule has 0 aromatic heterocycles. The van der Waals surface area contributed by atoms with Crippen molar-refractivity contribution in [3.8, 4) is 0 Å². The zero-order valence-corrected chi connectivity index (χ0v) is 22.4. The first-order valence-corrected chi connectivity index (χ1v) is 14.2. The largest absolute Gasteiger partial charge is 0.379 e. The molecule has 0 spiro atoms. The molecule has 0 aliphatic carbocycles. The number of carbonyl (C=O) groups is 1. The Morgan fingerprint density at radius 1 is 0.973 bits per heavy atom. The van der Waals surface area contributed by atoms with Crippen molar-refractivity contribution >= 4 is 27.5 Å². The van der Waals surface area contributed by atoms with E-state index in [1.165, 1.54) is 28.6 Å². The summed E-state index contributed by atoms with van der Waals surface area (Å²) in [5.41, 5.74) is 2.52. The first-order chi connectivity index (χ1) is 17.9. The first-order valence-electron chi connectivity index (χ1n) is 12.4. The molecule has 0 saturated carbocycles. The summed E-state index contributed by atoms with van der Waals surface area (Å²) in [6, 6.07) is 21.8. The number of morpholine rings is 1. The molecule has 0 radical (unpaired) electrons. The van der Waals surface area contributed by atoms with E-state index in [2.05, 4.69) is 10.2 Å². The van der Waals surface area contributed by atoms with Gasteiger partial charge in [-0.15, -0.1) is 0 Å². The van der Waals surface area contributed by atoms with E-state index in [4.69, 9.17) is 16.3 Å². The number of ether oxygens (including phenoxy) is 1. The maximum absolute atomic E-state index is 14.0. The number of benzene rings is 3. The molecule has 4 rings (SSSR count). The van der Waals surface area contributed by atoms with Crippen molar-refractivity contribution in [1.29, 1.82) is 0 Å². The van der Waals surface area contributed by atoms with Crippen molar-refractivity contribution in [1.82, 2.24) is 14.5 Å². The van der Waals surface area contributed by atoms with Gasteiger partial charge in [0.2, 0.25) is 15.9 Å². The molecule has 1 aliphatic rings. The van der Waals surface area contributed by atoms with Crippen LogP contribution in [0.1, 0.15) is 29.7 Å². The Morgan fingerprint density at radius 3 is 2.22 bits per heavy atom. The molecular weight excluding hydrogens is 510 g/mol. The van der Waals surface area contributed by atoms with Gasteiger partial charge in [-0.05, 0) is 47.9 Å². The molecule has 1 atom stereocenters. The van der Waals surface area contributed by atoms with Crippen molar-refractivity contribution in [2.75, 3.05) is 32.8 Å². The Balaban J connectivity index is 1.69. The number of rotatable bonds is 10. The predicted molar refractivity (Wildman–Crippen MR) is 145 cm³/mol. The SMILES string of the molecule is CCNC(=O)C(c1ccccc1)N(Cc1ccc(CN2CCOCC2)cc1)S(=O)(=O)c1ccc(Cl)cc1. The van der Waals surface area contributed by atoms with E-state index in [1.54, 1.807) is 24.3 Å². The summed E-state index contributed by atoms with van der Waals surface area (Å²) in [6.45, 7) is 6.27.